The van der Waals surface area contributed by atoms with E-state index in [1.165, 1.54) is 0 Å². The summed E-state index contributed by atoms with van der Waals surface area (Å²) in [6, 6.07) is 9.79. The van der Waals surface area contributed by atoms with Gasteiger partial charge in [-0.3, -0.25) is 4.79 Å². The van der Waals surface area contributed by atoms with Crippen molar-refractivity contribution in [1.82, 2.24) is 0 Å². The number of carbonyl (C=O) groups excluding carboxylic acids is 1. The summed E-state index contributed by atoms with van der Waals surface area (Å²) in [5.41, 5.74) is 6.37. The second-order valence-electron chi connectivity index (χ2n) is 6.81. The molecule has 136 valence electrons. The van der Waals surface area contributed by atoms with Crippen LogP contribution in [0.5, 0.6) is 5.75 Å². The highest BCUT2D eigenvalue weighted by atomic mass is 35.5. The summed E-state index contributed by atoms with van der Waals surface area (Å²) < 4.78 is 5.90. The van der Waals surface area contributed by atoms with Gasteiger partial charge in [0.25, 0.3) is 0 Å². The average Bonchev–Trinajstić information content (AvgIpc) is 2.94. The van der Waals surface area contributed by atoms with Crippen LogP contribution in [0.2, 0.25) is 10.0 Å². The van der Waals surface area contributed by atoms with Gasteiger partial charge in [0.05, 0.1) is 6.61 Å². The Morgan fingerprint density at radius 3 is 2.46 bits per heavy atom. The van der Waals surface area contributed by atoms with E-state index in [9.17, 15) is 4.79 Å². The molecule has 0 fully saturated rings. The summed E-state index contributed by atoms with van der Waals surface area (Å²) in [6.07, 6.45) is 2.33. The number of benzene rings is 2. The third-order valence-corrected chi connectivity index (χ3v) is 5.63. The summed E-state index contributed by atoms with van der Waals surface area (Å²) in [4.78, 5) is 12.0. The maximum absolute atomic E-state index is 12.0. The van der Waals surface area contributed by atoms with Gasteiger partial charge < -0.3 is 4.74 Å². The topological polar surface area (TPSA) is 26.3 Å². The Morgan fingerprint density at radius 1 is 1.12 bits per heavy atom. The fraction of sp³-hybridized carbons (Fsp3) is 0.318. The van der Waals surface area contributed by atoms with Gasteiger partial charge in [0.1, 0.15) is 5.75 Å². The lowest BCUT2D eigenvalue weighted by Gasteiger charge is -2.11. The minimum Gasteiger partial charge on any atom is -0.494 e. The van der Waals surface area contributed by atoms with Crippen molar-refractivity contribution in [3.8, 4) is 5.75 Å². The van der Waals surface area contributed by atoms with E-state index in [1.54, 1.807) is 6.92 Å². The van der Waals surface area contributed by atoms with E-state index in [0.717, 1.165) is 57.0 Å². The molecule has 0 radical (unpaired) electrons. The predicted octanol–water partition coefficient (Wildman–Crippen LogP) is 6.37. The average molecular weight is 389 g/mol. The molecule has 2 nitrogen and oxygen atoms in total. The minimum atomic E-state index is 0.136. The molecular weight excluding hydrogens is 367 g/mol. The van der Waals surface area contributed by atoms with Crippen LogP contribution in [0.4, 0.5) is 0 Å². The maximum Gasteiger partial charge on any atom is 0.156 e. The van der Waals surface area contributed by atoms with E-state index in [0.29, 0.717) is 18.1 Å². The summed E-state index contributed by atoms with van der Waals surface area (Å²) in [5, 5.41) is 1.50. The number of ether oxygens (including phenoxy) is 1. The van der Waals surface area contributed by atoms with Gasteiger partial charge in [-0.15, -0.1) is 0 Å². The van der Waals surface area contributed by atoms with E-state index < -0.39 is 0 Å². The van der Waals surface area contributed by atoms with Gasteiger partial charge in [-0.25, -0.2) is 0 Å². The van der Waals surface area contributed by atoms with Crippen LogP contribution < -0.4 is 4.74 Å². The van der Waals surface area contributed by atoms with Gasteiger partial charge in [-0.05, 0) is 85.7 Å². The highest BCUT2D eigenvalue weighted by Crippen LogP contribution is 2.37. The summed E-state index contributed by atoms with van der Waals surface area (Å²) in [7, 11) is 0. The van der Waals surface area contributed by atoms with E-state index in [4.69, 9.17) is 27.9 Å². The number of fused-ring (bicyclic) bond motifs is 1. The molecule has 0 spiro atoms. The zero-order chi connectivity index (χ0) is 18.8. The van der Waals surface area contributed by atoms with Crippen LogP contribution in [0.15, 0.2) is 35.9 Å². The third-order valence-electron chi connectivity index (χ3n) is 4.80. The fourth-order valence-corrected chi connectivity index (χ4v) is 3.82. The third kappa shape index (κ3) is 3.97. The molecule has 0 N–H and O–H groups in total. The number of halogens is 2. The lowest BCUT2D eigenvalue weighted by Crippen LogP contribution is -2.01. The van der Waals surface area contributed by atoms with E-state index in [-0.39, 0.29) is 5.78 Å². The number of hydrogen-bond donors (Lipinski definition) is 0. The normalized spacial score (nSPS) is 13.1. The van der Waals surface area contributed by atoms with Crippen molar-refractivity contribution in [2.24, 2.45) is 0 Å². The first-order valence-corrected chi connectivity index (χ1v) is 9.53. The van der Waals surface area contributed by atoms with Crippen molar-refractivity contribution in [3.63, 3.8) is 0 Å². The van der Waals surface area contributed by atoms with Crippen molar-refractivity contribution in [2.75, 3.05) is 6.61 Å². The second kappa shape index (κ2) is 7.85. The number of ketones is 1. The molecule has 0 amide bonds. The van der Waals surface area contributed by atoms with Gasteiger partial charge >= 0.3 is 0 Å². The van der Waals surface area contributed by atoms with Crippen LogP contribution in [-0.4, -0.2) is 12.4 Å². The molecule has 0 heterocycles. The monoisotopic (exact) mass is 388 g/mol. The van der Waals surface area contributed by atoms with E-state index in [2.05, 4.69) is 0 Å². The summed E-state index contributed by atoms with van der Waals surface area (Å²) in [5.74, 6) is 0.973. The van der Waals surface area contributed by atoms with Gasteiger partial charge in [-0.2, -0.15) is 0 Å². The highest BCUT2D eigenvalue weighted by molar-refractivity contribution is 6.32. The first-order valence-electron chi connectivity index (χ1n) is 8.78. The zero-order valence-corrected chi connectivity index (χ0v) is 16.8. The smallest absolute Gasteiger partial charge is 0.156 e. The Hall–Kier alpha value is -1.77. The predicted molar refractivity (Wildman–Crippen MR) is 108 cm³/mol. The van der Waals surface area contributed by atoms with Crippen molar-refractivity contribution in [1.29, 1.82) is 0 Å². The maximum atomic E-state index is 12.0. The van der Waals surface area contributed by atoms with Gasteiger partial charge in [0.2, 0.25) is 0 Å². The Kier molecular flexibility index (Phi) is 5.74. The number of hydrogen-bond acceptors (Lipinski definition) is 2. The van der Waals surface area contributed by atoms with Crippen LogP contribution in [0, 0.1) is 13.8 Å². The lowest BCUT2D eigenvalue weighted by molar-refractivity contribution is -0.113. The zero-order valence-electron chi connectivity index (χ0n) is 15.3. The van der Waals surface area contributed by atoms with Crippen molar-refractivity contribution < 1.29 is 9.53 Å². The molecule has 1 aliphatic rings. The summed E-state index contributed by atoms with van der Waals surface area (Å²) >= 11 is 12.3. The van der Waals surface area contributed by atoms with Crippen molar-refractivity contribution >= 4 is 34.6 Å². The quantitative estimate of drug-likeness (QED) is 0.537. The molecule has 26 heavy (non-hydrogen) atoms. The lowest BCUT2D eigenvalue weighted by atomic mass is 10.00. The van der Waals surface area contributed by atoms with Crippen LogP contribution >= 0.6 is 23.2 Å². The first kappa shape index (κ1) is 19.0. The van der Waals surface area contributed by atoms with E-state index in [1.807, 2.05) is 44.2 Å². The molecule has 0 unspecified atom stereocenters. The first-order chi connectivity index (χ1) is 12.4. The molecule has 0 aromatic heterocycles. The minimum absolute atomic E-state index is 0.136. The van der Waals surface area contributed by atoms with Crippen LogP contribution in [0.3, 0.4) is 0 Å². The molecule has 0 atom stereocenters. The Balaban J connectivity index is 1.67. The number of rotatable bonds is 6. The second-order valence-corrected chi connectivity index (χ2v) is 7.63. The van der Waals surface area contributed by atoms with Gasteiger partial charge in [-0.1, -0.05) is 29.3 Å². The largest absolute Gasteiger partial charge is 0.494 e. The molecule has 0 bridgehead atoms. The van der Waals surface area contributed by atoms with Crippen LogP contribution in [-0.2, 0) is 11.2 Å². The molecule has 2 aromatic rings. The van der Waals surface area contributed by atoms with Gasteiger partial charge in [0, 0.05) is 22.0 Å². The molecule has 2 aromatic carbocycles. The Morgan fingerprint density at radius 2 is 1.81 bits per heavy atom. The van der Waals surface area contributed by atoms with Crippen LogP contribution in [0.25, 0.3) is 5.57 Å². The van der Waals surface area contributed by atoms with Gasteiger partial charge in [0.15, 0.2) is 5.78 Å². The molecule has 0 saturated heterocycles. The molecule has 0 aliphatic heterocycles. The SMILES string of the molecule is CC(=O)C1=C(CCCOc2cc(C)c(Cl)c(C)c2)c2ccc(Cl)cc2C1. The Labute approximate surface area is 164 Å². The molecule has 0 saturated carbocycles. The number of allylic oxidation sites excluding steroid dienone is 2. The van der Waals surface area contributed by atoms with Crippen molar-refractivity contribution in [3.05, 3.63) is 68.2 Å². The molecular formula is C22H22Cl2O2. The number of aryl methyl sites for hydroxylation is 2. The van der Waals surface area contributed by atoms with Crippen LogP contribution in [0.1, 0.15) is 42.0 Å². The molecule has 3 rings (SSSR count). The molecule has 1 aliphatic carbocycles. The van der Waals surface area contributed by atoms with Crippen molar-refractivity contribution in [2.45, 2.75) is 40.0 Å². The number of carbonyl (C=O) groups is 1. The number of Topliss-reactive ketones (excluding diaryl/α,β-unsaturated/α-hetero) is 1. The standard InChI is InChI=1S/C22H22Cl2O2/c1-13-9-18(10-14(2)22(13)24)26-8-4-5-20-19-7-6-17(23)11-16(19)12-21(20)15(3)25/h6-7,9-11H,4-5,8,12H2,1-3H3. The molecule has 4 heteroatoms. The highest BCUT2D eigenvalue weighted by Gasteiger charge is 2.23. The fourth-order valence-electron chi connectivity index (χ4n) is 3.51. The summed E-state index contributed by atoms with van der Waals surface area (Å²) in [6.45, 7) is 6.19. The Bertz CT molecular complexity index is 874. The van der Waals surface area contributed by atoms with E-state index >= 15 is 0 Å².